The molecular formula is C5H9BN2O. The van der Waals surface area contributed by atoms with E-state index >= 15 is 0 Å². The molecule has 48 valence electrons. The first-order valence-electron chi connectivity index (χ1n) is 2.85. The van der Waals surface area contributed by atoms with Crippen LogP contribution in [0.2, 0.25) is 0 Å². The minimum Gasteiger partial charge on any atom is -0.374 e. The third kappa shape index (κ3) is 0.978. The first kappa shape index (κ1) is 6.36. The second-order valence-corrected chi connectivity index (χ2v) is 2.05. The zero-order chi connectivity index (χ0) is 6.85. The molecule has 0 saturated heterocycles. The van der Waals surface area contributed by atoms with E-state index in [1.807, 2.05) is 14.8 Å². The smallest absolute Gasteiger partial charge is 0.143 e. The molecule has 1 aromatic heterocycles. The van der Waals surface area contributed by atoms with Gasteiger partial charge in [-0.15, -0.1) is 0 Å². The average molecular weight is 124 g/mol. The van der Waals surface area contributed by atoms with Gasteiger partial charge in [-0.05, 0) is 12.4 Å². The molecule has 1 N–H and O–H groups in total. The highest BCUT2D eigenvalue weighted by molar-refractivity contribution is 6.32. The van der Waals surface area contributed by atoms with Crippen LogP contribution in [0.4, 0.5) is 0 Å². The summed E-state index contributed by atoms with van der Waals surface area (Å²) in [6, 6.07) is 0. The molecule has 0 aliphatic rings. The monoisotopic (exact) mass is 124 g/mol. The van der Waals surface area contributed by atoms with Gasteiger partial charge in [0.25, 0.3) is 0 Å². The predicted octanol–water partition coefficient (Wildman–Crippen LogP) is -1.60. The van der Waals surface area contributed by atoms with Crippen molar-refractivity contribution in [3.05, 3.63) is 11.9 Å². The van der Waals surface area contributed by atoms with Crippen LogP contribution in [0, 0.1) is 6.92 Å². The molecule has 1 heterocycles. The van der Waals surface area contributed by atoms with E-state index in [9.17, 15) is 0 Å². The second kappa shape index (κ2) is 2.23. The van der Waals surface area contributed by atoms with E-state index in [4.69, 9.17) is 5.11 Å². The largest absolute Gasteiger partial charge is 0.374 e. The van der Waals surface area contributed by atoms with Gasteiger partial charge in [0.05, 0.1) is 0 Å². The molecule has 0 aromatic carbocycles. The van der Waals surface area contributed by atoms with Gasteiger partial charge in [-0.2, -0.15) is 5.10 Å². The van der Waals surface area contributed by atoms with Gasteiger partial charge in [0.1, 0.15) is 14.6 Å². The summed E-state index contributed by atoms with van der Waals surface area (Å²) in [5, 5.41) is 12.5. The Labute approximate surface area is 54.7 Å². The minimum atomic E-state index is -0.0281. The molecule has 0 aliphatic carbocycles. The van der Waals surface area contributed by atoms with Crippen molar-refractivity contribution >= 4 is 13.3 Å². The van der Waals surface area contributed by atoms with Crippen LogP contribution < -0.4 is 5.46 Å². The van der Waals surface area contributed by atoms with Gasteiger partial charge < -0.3 is 5.11 Å². The standard InChI is InChI=1S/C5H9BN2O/c1-4-5(6)2-7-8(4)3-9/h2,9H,3,6H2,1H3. The molecule has 0 atom stereocenters. The number of hydrogen-bond acceptors (Lipinski definition) is 2. The lowest BCUT2D eigenvalue weighted by Crippen LogP contribution is -2.07. The van der Waals surface area contributed by atoms with Crippen LogP contribution in [0.3, 0.4) is 0 Å². The van der Waals surface area contributed by atoms with Crippen molar-refractivity contribution in [3.8, 4) is 0 Å². The topological polar surface area (TPSA) is 38.0 Å². The SMILES string of the molecule is Bc1cnn(CO)c1C. The summed E-state index contributed by atoms with van der Waals surface area (Å²) < 4.78 is 1.55. The van der Waals surface area contributed by atoms with Crippen LogP contribution in [0.15, 0.2) is 6.20 Å². The molecule has 1 aromatic rings. The molecule has 4 heteroatoms. The summed E-state index contributed by atoms with van der Waals surface area (Å²) >= 11 is 0. The third-order valence-corrected chi connectivity index (χ3v) is 1.48. The predicted molar refractivity (Wildman–Crippen MR) is 37.4 cm³/mol. The molecule has 0 radical (unpaired) electrons. The Bertz CT molecular complexity index is 209. The number of nitrogens with zero attached hydrogens (tertiary/aromatic N) is 2. The maximum atomic E-state index is 8.63. The summed E-state index contributed by atoms with van der Waals surface area (Å²) in [6.07, 6.45) is 1.74. The Morgan fingerprint density at radius 2 is 2.56 bits per heavy atom. The van der Waals surface area contributed by atoms with Crippen LogP contribution >= 0.6 is 0 Å². The number of aliphatic hydroxyl groups is 1. The average Bonchev–Trinajstić information content (AvgIpc) is 2.15. The molecule has 1 rings (SSSR count). The van der Waals surface area contributed by atoms with E-state index in [1.165, 1.54) is 0 Å². The fourth-order valence-corrected chi connectivity index (χ4v) is 0.682. The molecule has 0 amide bonds. The Morgan fingerprint density at radius 1 is 1.89 bits per heavy atom. The Balaban J connectivity index is 3.04. The lowest BCUT2D eigenvalue weighted by molar-refractivity contribution is 0.192. The van der Waals surface area contributed by atoms with E-state index < -0.39 is 0 Å². The lowest BCUT2D eigenvalue weighted by Gasteiger charge is -1.96. The highest BCUT2D eigenvalue weighted by atomic mass is 16.3. The highest BCUT2D eigenvalue weighted by Crippen LogP contribution is 1.88. The number of aliphatic hydroxyl groups excluding tert-OH is 1. The van der Waals surface area contributed by atoms with E-state index in [2.05, 4.69) is 5.10 Å². The normalized spacial score (nSPS) is 10.0. The van der Waals surface area contributed by atoms with Crippen molar-refractivity contribution in [3.63, 3.8) is 0 Å². The quantitative estimate of drug-likeness (QED) is 0.458. The van der Waals surface area contributed by atoms with Crippen LogP contribution in [0.25, 0.3) is 0 Å². The maximum absolute atomic E-state index is 8.63. The fourth-order valence-electron chi connectivity index (χ4n) is 0.682. The van der Waals surface area contributed by atoms with Crippen molar-refractivity contribution in [1.82, 2.24) is 9.78 Å². The molecular weight excluding hydrogens is 115 g/mol. The zero-order valence-corrected chi connectivity index (χ0v) is 5.63. The first-order valence-corrected chi connectivity index (χ1v) is 2.85. The maximum Gasteiger partial charge on any atom is 0.143 e. The van der Waals surface area contributed by atoms with Gasteiger partial charge in [-0.25, -0.2) is 4.68 Å². The van der Waals surface area contributed by atoms with E-state index in [0.29, 0.717) is 0 Å². The van der Waals surface area contributed by atoms with Gasteiger partial charge in [0, 0.05) is 11.9 Å². The summed E-state index contributed by atoms with van der Waals surface area (Å²) in [5.41, 5.74) is 2.14. The van der Waals surface area contributed by atoms with Gasteiger partial charge in [-0.1, -0.05) is 0 Å². The summed E-state index contributed by atoms with van der Waals surface area (Å²) in [7, 11) is 1.97. The van der Waals surface area contributed by atoms with Crippen molar-refractivity contribution in [2.24, 2.45) is 0 Å². The lowest BCUT2D eigenvalue weighted by atomic mass is 9.98. The Hall–Kier alpha value is -0.765. The molecule has 0 saturated carbocycles. The Morgan fingerprint density at radius 3 is 2.78 bits per heavy atom. The summed E-state index contributed by atoms with van der Waals surface area (Å²) in [6.45, 7) is 1.90. The van der Waals surface area contributed by atoms with Crippen molar-refractivity contribution in [1.29, 1.82) is 0 Å². The molecule has 0 fully saturated rings. The van der Waals surface area contributed by atoms with Crippen LogP contribution in [-0.4, -0.2) is 22.7 Å². The fraction of sp³-hybridized carbons (Fsp3) is 0.400. The van der Waals surface area contributed by atoms with E-state index in [-0.39, 0.29) is 6.73 Å². The van der Waals surface area contributed by atoms with Crippen molar-refractivity contribution in [2.75, 3.05) is 0 Å². The molecule has 0 spiro atoms. The minimum absolute atomic E-state index is 0.0281. The van der Waals surface area contributed by atoms with Crippen molar-refractivity contribution in [2.45, 2.75) is 13.7 Å². The number of aromatic nitrogens is 2. The van der Waals surface area contributed by atoms with Crippen molar-refractivity contribution < 1.29 is 5.11 Å². The highest BCUT2D eigenvalue weighted by Gasteiger charge is 1.97. The number of rotatable bonds is 1. The molecule has 9 heavy (non-hydrogen) atoms. The van der Waals surface area contributed by atoms with Gasteiger partial charge in [0.15, 0.2) is 0 Å². The van der Waals surface area contributed by atoms with Gasteiger partial charge >= 0.3 is 0 Å². The molecule has 0 unspecified atom stereocenters. The molecule has 0 aliphatic heterocycles. The van der Waals surface area contributed by atoms with Crippen LogP contribution in [-0.2, 0) is 6.73 Å². The number of hydrogen-bond donors (Lipinski definition) is 1. The first-order chi connectivity index (χ1) is 4.25. The summed E-state index contributed by atoms with van der Waals surface area (Å²) in [4.78, 5) is 0. The zero-order valence-electron chi connectivity index (χ0n) is 5.63. The van der Waals surface area contributed by atoms with E-state index in [0.717, 1.165) is 11.2 Å². The van der Waals surface area contributed by atoms with Gasteiger partial charge in [0.2, 0.25) is 0 Å². The van der Waals surface area contributed by atoms with Gasteiger partial charge in [-0.3, -0.25) is 0 Å². The van der Waals surface area contributed by atoms with E-state index in [1.54, 1.807) is 10.9 Å². The summed E-state index contributed by atoms with van der Waals surface area (Å²) in [5.74, 6) is 0. The third-order valence-electron chi connectivity index (χ3n) is 1.48. The molecule has 0 bridgehead atoms. The molecule has 3 nitrogen and oxygen atoms in total. The Kier molecular flexibility index (Phi) is 1.57. The second-order valence-electron chi connectivity index (χ2n) is 2.05. The van der Waals surface area contributed by atoms with Crippen LogP contribution in [0.1, 0.15) is 5.69 Å². The van der Waals surface area contributed by atoms with Crippen LogP contribution in [0.5, 0.6) is 0 Å².